The van der Waals surface area contributed by atoms with E-state index in [-0.39, 0.29) is 17.9 Å². The number of hydrogen-bond acceptors (Lipinski definition) is 7. The van der Waals surface area contributed by atoms with Crippen molar-refractivity contribution in [3.05, 3.63) is 58.3 Å². The highest BCUT2D eigenvalue weighted by molar-refractivity contribution is 5.95. The van der Waals surface area contributed by atoms with Gasteiger partial charge in [0.2, 0.25) is 0 Å². The van der Waals surface area contributed by atoms with E-state index in [0.29, 0.717) is 0 Å². The molecule has 1 heterocycles. The lowest BCUT2D eigenvalue weighted by Gasteiger charge is -2.13. The van der Waals surface area contributed by atoms with Crippen LogP contribution in [0.5, 0.6) is 11.6 Å². The number of nitrogens with zero attached hydrogens (tertiary/aromatic N) is 2. The van der Waals surface area contributed by atoms with Crippen LogP contribution >= 0.6 is 0 Å². The number of ether oxygens (including phenoxy) is 1. The average molecular weight is 389 g/mol. The third-order valence-corrected chi connectivity index (χ3v) is 3.48. The van der Waals surface area contributed by atoms with Crippen LogP contribution in [0.4, 0.5) is 5.69 Å². The zero-order valence-electron chi connectivity index (χ0n) is 14.3. The number of para-hydroxylation sites is 1. The van der Waals surface area contributed by atoms with Crippen LogP contribution in [0.2, 0.25) is 0 Å². The maximum Gasteiger partial charge on any atom is 0.331 e. The van der Waals surface area contributed by atoms with E-state index < -0.39 is 46.8 Å². The molecule has 0 unspecified atom stereocenters. The number of pyridine rings is 1. The van der Waals surface area contributed by atoms with Crippen LogP contribution < -0.4 is 10.1 Å². The molecule has 0 aliphatic heterocycles. The normalized spacial score (nSPS) is 11.3. The summed E-state index contributed by atoms with van der Waals surface area (Å²) in [6.45, 7) is 0. The van der Waals surface area contributed by atoms with Crippen LogP contribution in [-0.4, -0.2) is 44.0 Å². The summed E-state index contributed by atoms with van der Waals surface area (Å²) in [6.07, 6.45) is -0.802. The Morgan fingerprint density at radius 3 is 2.39 bits per heavy atom. The molecule has 1 atom stereocenters. The summed E-state index contributed by atoms with van der Waals surface area (Å²) in [6, 6.07) is 8.64. The Morgan fingerprint density at radius 1 is 1.14 bits per heavy atom. The van der Waals surface area contributed by atoms with Gasteiger partial charge < -0.3 is 20.3 Å². The SMILES string of the molecule is O=C(O)CC[C@H](NC(=O)c1ccc([N+](=O)[O-])c(Oc2ccccc2)n1)C(=O)O. The van der Waals surface area contributed by atoms with E-state index >= 15 is 0 Å². The minimum atomic E-state index is -1.46. The van der Waals surface area contributed by atoms with Crippen LogP contribution in [-0.2, 0) is 9.59 Å². The van der Waals surface area contributed by atoms with Gasteiger partial charge in [0.05, 0.1) is 4.92 Å². The van der Waals surface area contributed by atoms with E-state index in [2.05, 4.69) is 10.3 Å². The predicted molar refractivity (Wildman–Crippen MR) is 93.2 cm³/mol. The van der Waals surface area contributed by atoms with Gasteiger partial charge in [0, 0.05) is 12.5 Å². The van der Waals surface area contributed by atoms with E-state index in [4.69, 9.17) is 14.9 Å². The van der Waals surface area contributed by atoms with Gasteiger partial charge in [0.25, 0.3) is 11.8 Å². The molecule has 3 N–H and O–H groups in total. The number of amides is 1. The Balaban J connectivity index is 2.25. The Labute approximate surface area is 157 Å². The van der Waals surface area contributed by atoms with E-state index in [0.717, 1.165) is 12.1 Å². The number of aliphatic carboxylic acids is 2. The van der Waals surface area contributed by atoms with Gasteiger partial charge in [-0.3, -0.25) is 19.7 Å². The van der Waals surface area contributed by atoms with Gasteiger partial charge in [-0.2, -0.15) is 0 Å². The molecule has 0 bridgehead atoms. The molecule has 1 amide bonds. The highest BCUT2D eigenvalue weighted by Gasteiger charge is 2.25. The number of nitro groups is 1. The molecular formula is C17H15N3O8. The van der Waals surface area contributed by atoms with Crippen LogP contribution in [0, 0.1) is 10.1 Å². The molecule has 0 aliphatic carbocycles. The first-order chi connectivity index (χ1) is 13.3. The van der Waals surface area contributed by atoms with Crippen molar-refractivity contribution in [2.24, 2.45) is 0 Å². The molecule has 2 rings (SSSR count). The van der Waals surface area contributed by atoms with E-state index in [1.807, 2.05) is 0 Å². The average Bonchev–Trinajstić information content (AvgIpc) is 2.65. The quantitative estimate of drug-likeness (QED) is 0.427. The summed E-state index contributed by atoms with van der Waals surface area (Å²) in [5, 5.41) is 31.1. The number of rotatable bonds is 9. The molecule has 11 heteroatoms. The van der Waals surface area contributed by atoms with Crippen molar-refractivity contribution in [1.29, 1.82) is 0 Å². The highest BCUT2D eigenvalue weighted by Crippen LogP contribution is 2.29. The van der Waals surface area contributed by atoms with Crippen molar-refractivity contribution >= 4 is 23.5 Å². The molecule has 11 nitrogen and oxygen atoms in total. The van der Waals surface area contributed by atoms with E-state index in [1.54, 1.807) is 18.2 Å². The van der Waals surface area contributed by atoms with Crippen molar-refractivity contribution in [1.82, 2.24) is 10.3 Å². The van der Waals surface area contributed by atoms with E-state index in [1.165, 1.54) is 12.1 Å². The Hall–Kier alpha value is -4.02. The monoisotopic (exact) mass is 389 g/mol. The molecule has 0 saturated carbocycles. The fourth-order valence-corrected chi connectivity index (χ4v) is 2.13. The lowest BCUT2D eigenvalue weighted by molar-refractivity contribution is -0.386. The van der Waals surface area contributed by atoms with Gasteiger partial charge in [-0.05, 0) is 24.6 Å². The van der Waals surface area contributed by atoms with Crippen molar-refractivity contribution in [2.45, 2.75) is 18.9 Å². The van der Waals surface area contributed by atoms with Crippen molar-refractivity contribution in [2.75, 3.05) is 0 Å². The number of benzene rings is 1. The molecule has 0 aliphatic rings. The van der Waals surface area contributed by atoms with Crippen molar-refractivity contribution in [3.63, 3.8) is 0 Å². The summed E-state index contributed by atoms with van der Waals surface area (Å²) < 4.78 is 5.37. The van der Waals surface area contributed by atoms with Crippen LogP contribution in [0.25, 0.3) is 0 Å². The molecule has 28 heavy (non-hydrogen) atoms. The first-order valence-corrected chi connectivity index (χ1v) is 7.91. The number of carbonyl (C=O) groups is 3. The minimum Gasteiger partial charge on any atom is -0.481 e. The standard InChI is InChI=1S/C17H15N3O8/c21-14(22)9-7-12(17(24)25)18-15(23)11-6-8-13(20(26)27)16(19-11)28-10-4-2-1-3-5-10/h1-6,8,12H,7,9H2,(H,18,23)(H,21,22)(H,24,25)/t12-/m0/s1. The molecule has 0 fully saturated rings. The maximum atomic E-state index is 12.3. The number of hydrogen-bond donors (Lipinski definition) is 3. The zero-order valence-corrected chi connectivity index (χ0v) is 14.3. The van der Waals surface area contributed by atoms with Gasteiger partial charge in [-0.1, -0.05) is 18.2 Å². The molecular weight excluding hydrogens is 374 g/mol. The van der Waals surface area contributed by atoms with Crippen LogP contribution in [0.3, 0.4) is 0 Å². The number of aromatic nitrogens is 1. The third kappa shape index (κ3) is 5.49. The van der Waals surface area contributed by atoms with Crippen LogP contribution in [0.1, 0.15) is 23.3 Å². The first kappa shape index (κ1) is 20.3. The maximum absolute atomic E-state index is 12.3. The number of carboxylic acids is 2. The summed E-state index contributed by atoms with van der Waals surface area (Å²) in [7, 11) is 0. The Morgan fingerprint density at radius 2 is 1.82 bits per heavy atom. The molecule has 0 spiro atoms. The number of carboxylic acid groups (broad SMARTS) is 2. The van der Waals surface area contributed by atoms with Gasteiger partial charge in [0.1, 0.15) is 17.5 Å². The second-order valence-electron chi connectivity index (χ2n) is 5.49. The van der Waals surface area contributed by atoms with Crippen molar-refractivity contribution < 1.29 is 34.3 Å². The number of carbonyl (C=O) groups excluding carboxylic acids is 1. The predicted octanol–water partition coefficient (Wildman–Crippen LogP) is 1.83. The van der Waals surface area contributed by atoms with Gasteiger partial charge >= 0.3 is 17.6 Å². The molecule has 1 aromatic carbocycles. The smallest absolute Gasteiger partial charge is 0.331 e. The largest absolute Gasteiger partial charge is 0.481 e. The number of nitrogens with one attached hydrogen (secondary N) is 1. The second kappa shape index (κ2) is 9.07. The molecule has 0 radical (unpaired) electrons. The second-order valence-corrected chi connectivity index (χ2v) is 5.49. The first-order valence-electron chi connectivity index (χ1n) is 7.91. The zero-order chi connectivity index (χ0) is 20.7. The van der Waals surface area contributed by atoms with Gasteiger partial charge in [0.15, 0.2) is 0 Å². The molecule has 146 valence electrons. The summed E-state index contributed by atoms with van der Waals surface area (Å²) in [5.41, 5.74) is -0.806. The summed E-state index contributed by atoms with van der Waals surface area (Å²) in [5.74, 6) is -3.77. The minimum absolute atomic E-state index is 0.250. The Kier molecular flexibility index (Phi) is 6.58. The molecule has 2 aromatic rings. The van der Waals surface area contributed by atoms with Gasteiger partial charge in [-0.15, -0.1) is 0 Å². The topological polar surface area (TPSA) is 169 Å². The van der Waals surface area contributed by atoms with Crippen molar-refractivity contribution in [3.8, 4) is 11.6 Å². The van der Waals surface area contributed by atoms with Gasteiger partial charge in [-0.25, -0.2) is 9.78 Å². The molecule has 1 aromatic heterocycles. The van der Waals surface area contributed by atoms with E-state index in [9.17, 15) is 24.5 Å². The highest BCUT2D eigenvalue weighted by atomic mass is 16.6. The fraction of sp³-hybridized carbons (Fsp3) is 0.176. The lowest BCUT2D eigenvalue weighted by atomic mass is 10.1. The van der Waals surface area contributed by atoms with Crippen LogP contribution in [0.15, 0.2) is 42.5 Å². The fourth-order valence-electron chi connectivity index (χ4n) is 2.13. The molecule has 0 saturated heterocycles. The summed E-state index contributed by atoms with van der Waals surface area (Å²) in [4.78, 5) is 48.3. The lowest BCUT2D eigenvalue weighted by Crippen LogP contribution is -2.41. The summed E-state index contributed by atoms with van der Waals surface area (Å²) >= 11 is 0. The third-order valence-electron chi connectivity index (χ3n) is 3.48. The Bertz CT molecular complexity index is 901.